The number of nitrogens with zero attached hydrogens (tertiary/aromatic N) is 3. The molecule has 0 fully saturated rings. The second kappa shape index (κ2) is 14.2. The highest BCUT2D eigenvalue weighted by Crippen LogP contribution is 2.28. The van der Waals surface area contributed by atoms with Crippen molar-refractivity contribution in [3.8, 4) is 0 Å². The first-order chi connectivity index (χ1) is 11.9. The van der Waals surface area contributed by atoms with Crippen molar-refractivity contribution in [3.05, 3.63) is 0 Å². The van der Waals surface area contributed by atoms with Crippen LogP contribution in [0.25, 0.3) is 0 Å². The van der Waals surface area contributed by atoms with E-state index < -0.39 is 9.76 Å². The molecule has 0 heterocycles. The fourth-order valence-electron chi connectivity index (χ4n) is 3.66. The van der Waals surface area contributed by atoms with Crippen LogP contribution in [0, 0.1) is 5.41 Å². The second-order valence-electron chi connectivity index (χ2n) is 7.90. The van der Waals surface area contributed by atoms with Gasteiger partial charge in [0.2, 0.25) is 0 Å². The van der Waals surface area contributed by atoms with Crippen LogP contribution in [0.2, 0.25) is 6.04 Å². The summed E-state index contributed by atoms with van der Waals surface area (Å²) in [6, 6.07) is 1.29. The molecule has 0 saturated carbocycles. The van der Waals surface area contributed by atoms with Crippen LogP contribution >= 0.6 is 0 Å². The van der Waals surface area contributed by atoms with Gasteiger partial charge >= 0.3 is 0 Å². The highest BCUT2D eigenvalue weighted by molar-refractivity contribution is 6.27. The monoisotopic (exact) mass is 373 g/mol. The summed E-state index contributed by atoms with van der Waals surface area (Å²) >= 11 is 0. The molecule has 0 saturated heterocycles. The highest BCUT2D eigenvalue weighted by atomic mass is 28.2. The summed E-state index contributed by atoms with van der Waals surface area (Å²) in [6.45, 7) is 18.2. The van der Waals surface area contributed by atoms with Crippen molar-refractivity contribution in [1.29, 1.82) is 0 Å². The minimum absolute atomic E-state index is 0.338. The average Bonchev–Trinajstić information content (AvgIpc) is 2.61. The van der Waals surface area contributed by atoms with Crippen LogP contribution in [0.1, 0.15) is 53.9 Å². The van der Waals surface area contributed by atoms with E-state index in [1.165, 1.54) is 32.1 Å². The Morgan fingerprint density at radius 1 is 0.760 bits per heavy atom. The van der Waals surface area contributed by atoms with E-state index in [1.54, 1.807) is 0 Å². The Morgan fingerprint density at radius 2 is 1.16 bits per heavy atom. The first kappa shape index (κ1) is 25.1. The summed E-state index contributed by atoms with van der Waals surface area (Å²) < 4.78 is 6.23. The van der Waals surface area contributed by atoms with Crippen LogP contribution in [0.4, 0.5) is 0 Å². The van der Waals surface area contributed by atoms with E-state index in [0.717, 1.165) is 32.5 Å². The Bertz CT molecular complexity index is 282. The van der Waals surface area contributed by atoms with E-state index in [1.807, 2.05) is 0 Å². The van der Waals surface area contributed by atoms with Crippen molar-refractivity contribution in [2.45, 2.75) is 66.0 Å². The molecule has 4 nitrogen and oxygen atoms in total. The molecule has 5 heteroatoms. The lowest BCUT2D eigenvalue weighted by Crippen LogP contribution is -2.50. The molecule has 0 unspecified atom stereocenters. The maximum atomic E-state index is 6.23. The summed E-state index contributed by atoms with van der Waals surface area (Å²) in [5, 5.41) is 0. The van der Waals surface area contributed by atoms with Gasteiger partial charge in [-0.15, -0.1) is 0 Å². The minimum atomic E-state index is -0.414. The molecule has 0 atom stereocenters. The molecule has 0 aliphatic rings. The first-order valence-electron chi connectivity index (χ1n) is 10.5. The molecule has 0 aliphatic carbocycles. The fraction of sp³-hybridized carbons (Fsp3) is 1.00. The molecular formula is C20H47N3OSi. The third-order valence-electron chi connectivity index (χ3n) is 5.55. The van der Waals surface area contributed by atoms with Crippen LogP contribution in [-0.2, 0) is 4.43 Å². The summed E-state index contributed by atoms with van der Waals surface area (Å²) in [7, 11) is 6.39. The average molecular weight is 374 g/mol. The Hall–Kier alpha value is 0.0569. The van der Waals surface area contributed by atoms with E-state index in [0.29, 0.717) is 11.5 Å². The second-order valence-corrected chi connectivity index (χ2v) is 9.35. The van der Waals surface area contributed by atoms with Gasteiger partial charge in [-0.25, -0.2) is 0 Å². The topological polar surface area (TPSA) is 19.0 Å². The van der Waals surface area contributed by atoms with Crippen molar-refractivity contribution < 1.29 is 4.43 Å². The van der Waals surface area contributed by atoms with Gasteiger partial charge in [-0.3, -0.25) is 0 Å². The van der Waals surface area contributed by atoms with Crippen LogP contribution in [0.15, 0.2) is 0 Å². The quantitative estimate of drug-likeness (QED) is 0.306. The third-order valence-corrected chi connectivity index (χ3v) is 6.90. The lowest BCUT2D eigenvalue weighted by atomic mass is 9.83. The number of hydrogen-bond donors (Lipinski definition) is 0. The third kappa shape index (κ3) is 10.7. The minimum Gasteiger partial charge on any atom is -0.421 e. The molecule has 0 aromatic heterocycles. The van der Waals surface area contributed by atoms with E-state index in [4.69, 9.17) is 4.43 Å². The van der Waals surface area contributed by atoms with E-state index in [-0.39, 0.29) is 0 Å². The summed E-state index contributed by atoms with van der Waals surface area (Å²) in [5.74, 6) is 0. The van der Waals surface area contributed by atoms with Gasteiger partial charge in [0.1, 0.15) is 0 Å². The van der Waals surface area contributed by atoms with Crippen LogP contribution in [0.5, 0.6) is 0 Å². The zero-order chi connectivity index (χ0) is 19.3. The van der Waals surface area contributed by atoms with Crippen molar-refractivity contribution in [2.75, 3.05) is 60.4 Å². The van der Waals surface area contributed by atoms with Crippen molar-refractivity contribution in [1.82, 2.24) is 14.7 Å². The van der Waals surface area contributed by atoms with Gasteiger partial charge < -0.3 is 19.1 Å². The van der Waals surface area contributed by atoms with Gasteiger partial charge in [-0.1, -0.05) is 34.6 Å². The summed E-state index contributed by atoms with van der Waals surface area (Å²) in [6.07, 6.45) is 4.10. The number of rotatable bonds is 16. The maximum Gasteiger partial charge on any atom is 0.161 e. The van der Waals surface area contributed by atoms with Crippen LogP contribution < -0.4 is 0 Å². The SMILES string of the molecule is CCC(CC)O[SiH2]CCC(CN(C)CC)(CN(C)CC)CN(C)CC. The van der Waals surface area contributed by atoms with E-state index in [2.05, 4.69) is 70.5 Å². The van der Waals surface area contributed by atoms with Gasteiger partial charge in [-0.05, 0) is 66.1 Å². The predicted octanol–water partition coefficient (Wildman–Crippen LogP) is 2.93. The van der Waals surface area contributed by atoms with Gasteiger partial charge in [-0.2, -0.15) is 0 Å². The normalized spacial score (nSPS) is 13.4. The molecule has 0 spiro atoms. The van der Waals surface area contributed by atoms with Crippen molar-refractivity contribution in [2.24, 2.45) is 5.41 Å². The van der Waals surface area contributed by atoms with E-state index >= 15 is 0 Å². The van der Waals surface area contributed by atoms with Crippen LogP contribution in [0.3, 0.4) is 0 Å². The number of hydrogen-bond acceptors (Lipinski definition) is 4. The first-order valence-corrected chi connectivity index (χ1v) is 12.1. The molecule has 0 aromatic carbocycles. The Balaban J connectivity index is 5.00. The Kier molecular flexibility index (Phi) is 14.2. The molecule has 0 radical (unpaired) electrons. The molecule has 0 aromatic rings. The Labute approximate surface area is 161 Å². The van der Waals surface area contributed by atoms with E-state index in [9.17, 15) is 0 Å². The smallest absolute Gasteiger partial charge is 0.161 e. The van der Waals surface area contributed by atoms with Gasteiger partial charge in [0, 0.05) is 31.2 Å². The largest absolute Gasteiger partial charge is 0.421 e. The van der Waals surface area contributed by atoms with Gasteiger partial charge in [0.25, 0.3) is 0 Å². The predicted molar refractivity (Wildman–Crippen MR) is 115 cm³/mol. The van der Waals surface area contributed by atoms with Gasteiger partial charge in [0.05, 0.1) is 0 Å². The lowest BCUT2D eigenvalue weighted by Gasteiger charge is -2.42. The fourth-order valence-corrected chi connectivity index (χ4v) is 5.53. The highest BCUT2D eigenvalue weighted by Gasteiger charge is 2.33. The molecule has 25 heavy (non-hydrogen) atoms. The summed E-state index contributed by atoms with van der Waals surface area (Å²) in [5.41, 5.74) is 0.338. The van der Waals surface area contributed by atoms with Crippen LogP contribution in [-0.4, -0.2) is 91.0 Å². The standard InChI is InChI=1S/C20H47N3OSi/c1-9-19(10-2)24-25-15-14-20(16-21(6)11-3,17-22(7)12-4)18-23(8)13-5/h19H,9-18,25H2,1-8H3. The summed E-state index contributed by atoms with van der Waals surface area (Å²) in [4.78, 5) is 7.49. The molecule has 0 amide bonds. The molecular weight excluding hydrogens is 326 g/mol. The lowest BCUT2D eigenvalue weighted by molar-refractivity contribution is 0.0787. The Morgan fingerprint density at radius 3 is 1.48 bits per heavy atom. The molecule has 0 aliphatic heterocycles. The zero-order valence-electron chi connectivity index (χ0n) is 18.6. The molecule has 152 valence electrons. The molecule has 0 N–H and O–H groups in total. The van der Waals surface area contributed by atoms with Crippen molar-refractivity contribution >= 4 is 9.76 Å². The molecule has 0 rings (SSSR count). The zero-order valence-corrected chi connectivity index (χ0v) is 20.0. The van der Waals surface area contributed by atoms with Gasteiger partial charge in [0.15, 0.2) is 9.76 Å². The molecule has 0 bridgehead atoms. The van der Waals surface area contributed by atoms with Crippen molar-refractivity contribution in [3.63, 3.8) is 0 Å². The maximum absolute atomic E-state index is 6.23.